The van der Waals surface area contributed by atoms with Crippen molar-refractivity contribution in [2.75, 3.05) is 50.5 Å². The van der Waals surface area contributed by atoms with Gasteiger partial charge >= 0.3 is 0 Å². The monoisotopic (exact) mass is 311 g/mol. The summed E-state index contributed by atoms with van der Waals surface area (Å²) in [6, 6.07) is 10.4. The Morgan fingerprint density at radius 2 is 1.83 bits per heavy atom. The van der Waals surface area contributed by atoms with E-state index in [1.807, 2.05) is 26.4 Å². The van der Waals surface area contributed by atoms with Gasteiger partial charge in [-0.25, -0.2) is 9.97 Å². The summed E-state index contributed by atoms with van der Waals surface area (Å²) in [6.45, 7) is 4.40. The molecule has 0 unspecified atom stereocenters. The molecule has 23 heavy (non-hydrogen) atoms. The van der Waals surface area contributed by atoms with Crippen molar-refractivity contribution in [3.8, 4) is 11.3 Å². The number of likely N-dealkylation sites (tertiary alicyclic amines) is 1. The minimum atomic E-state index is 0.707. The van der Waals surface area contributed by atoms with Crippen molar-refractivity contribution in [1.29, 1.82) is 0 Å². The molecule has 0 amide bonds. The van der Waals surface area contributed by atoms with E-state index in [-0.39, 0.29) is 0 Å². The van der Waals surface area contributed by atoms with E-state index >= 15 is 0 Å². The molecule has 1 aliphatic heterocycles. The van der Waals surface area contributed by atoms with E-state index in [1.54, 1.807) is 0 Å². The molecule has 5 nitrogen and oxygen atoms in total. The van der Waals surface area contributed by atoms with Gasteiger partial charge in [-0.05, 0) is 44.1 Å². The van der Waals surface area contributed by atoms with Crippen molar-refractivity contribution in [3.63, 3.8) is 0 Å². The van der Waals surface area contributed by atoms with Gasteiger partial charge < -0.3 is 15.1 Å². The highest BCUT2D eigenvalue weighted by molar-refractivity contribution is 5.63. The van der Waals surface area contributed by atoms with E-state index in [2.05, 4.69) is 49.4 Å². The summed E-state index contributed by atoms with van der Waals surface area (Å²) in [7, 11) is 4.09. The van der Waals surface area contributed by atoms with E-state index in [0.29, 0.717) is 5.95 Å². The number of aromatic nitrogens is 2. The third-order valence-corrected chi connectivity index (χ3v) is 4.24. The summed E-state index contributed by atoms with van der Waals surface area (Å²) in [5, 5.41) is 3.34. The Morgan fingerprint density at radius 1 is 1.09 bits per heavy atom. The maximum absolute atomic E-state index is 4.63. The summed E-state index contributed by atoms with van der Waals surface area (Å²) in [4.78, 5) is 13.5. The van der Waals surface area contributed by atoms with Gasteiger partial charge in [-0.1, -0.05) is 12.1 Å². The maximum Gasteiger partial charge on any atom is 0.223 e. The summed E-state index contributed by atoms with van der Waals surface area (Å²) in [5.74, 6) is 0.707. The standard InChI is InChI=1S/C18H25N5/c1-22(2)16-7-5-15(6-8-16)17-9-10-19-18(21-17)20-11-14-23-12-3-4-13-23/h5-10H,3-4,11-14H2,1-2H3,(H,19,20,21). The van der Waals surface area contributed by atoms with Crippen LogP contribution in [0.1, 0.15) is 12.8 Å². The average molecular weight is 311 g/mol. The molecule has 5 heteroatoms. The Labute approximate surface area is 138 Å². The minimum absolute atomic E-state index is 0.707. The van der Waals surface area contributed by atoms with Crippen molar-refractivity contribution in [1.82, 2.24) is 14.9 Å². The summed E-state index contributed by atoms with van der Waals surface area (Å²) in [5.41, 5.74) is 3.25. The molecule has 1 N–H and O–H groups in total. The lowest BCUT2D eigenvalue weighted by atomic mass is 10.1. The Kier molecular flexibility index (Phi) is 5.08. The van der Waals surface area contributed by atoms with Crippen LogP contribution in [0.5, 0.6) is 0 Å². The molecule has 0 spiro atoms. The zero-order valence-corrected chi connectivity index (χ0v) is 14.0. The van der Waals surface area contributed by atoms with Crippen LogP contribution in [0, 0.1) is 0 Å². The smallest absolute Gasteiger partial charge is 0.223 e. The fourth-order valence-corrected chi connectivity index (χ4v) is 2.87. The molecule has 1 saturated heterocycles. The fraction of sp³-hybridized carbons (Fsp3) is 0.444. The van der Waals surface area contributed by atoms with E-state index in [9.17, 15) is 0 Å². The highest BCUT2D eigenvalue weighted by atomic mass is 15.2. The van der Waals surface area contributed by atoms with Crippen LogP contribution in [0.15, 0.2) is 36.5 Å². The van der Waals surface area contributed by atoms with E-state index in [4.69, 9.17) is 0 Å². The van der Waals surface area contributed by atoms with Crippen molar-refractivity contribution >= 4 is 11.6 Å². The molecule has 0 bridgehead atoms. The Hall–Kier alpha value is -2.14. The molecular weight excluding hydrogens is 286 g/mol. The zero-order valence-electron chi connectivity index (χ0n) is 14.0. The average Bonchev–Trinajstić information content (AvgIpc) is 3.09. The van der Waals surface area contributed by atoms with E-state index in [0.717, 1.165) is 24.3 Å². The molecule has 0 saturated carbocycles. The number of hydrogen-bond acceptors (Lipinski definition) is 5. The molecule has 2 heterocycles. The lowest BCUT2D eigenvalue weighted by Gasteiger charge is -2.15. The van der Waals surface area contributed by atoms with Crippen molar-refractivity contribution < 1.29 is 0 Å². The van der Waals surface area contributed by atoms with Crippen molar-refractivity contribution in [2.45, 2.75) is 12.8 Å². The Bertz CT molecular complexity index is 618. The van der Waals surface area contributed by atoms with Gasteiger partial charge in [0.25, 0.3) is 0 Å². The molecule has 2 aromatic rings. The number of anilines is 2. The summed E-state index contributed by atoms with van der Waals surface area (Å²) < 4.78 is 0. The van der Waals surface area contributed by atoms with Gasteiger partial charge in [0.1, 0.15) is 0 Å². The molecule has 0 aliphatic carbocycles. The van der Waals surface area contributed by atoms with Crippen LogP contribution in [0.25, 0.3) is 11.3 Å². The minimum Gasteiger partial charge on any atom is -0.378 e. The molecular formula is C18H25N5. The second kappa shape index (κ2) is 7.42. The summed E-state index contributed by atoms with van der Waals surface area (Å²) in [6.07, 6.45) is 4.48. The third kappa shape index (κ3) is 4.20. The summed E-state index contributed by atoms with van der Waals surface area (Å²) >= 11 is 0. The first-order chi connectivity index (χ1) is 11.2. The Balaban J connectivity index is 1.62. The third-order valence-electron chi connectivity index (χ3n) is 4.24. The van der Waals surface area contributed by atoms with Crippen LogP contribution in [-0.2, 0) is 0 Å². The van der Waals surface area contributed by atoms with Crippen LogP contribution in [0.4, 0.5) is 11.6 Å². The molecule has 122 valence electrons. The van der Waals surface area contributed by atoms with Crippen LogP contribution in [-0.4, -0.2) is 55.1 Å². The SMILES string of the molecule is CN(C)c1ccc(-c2ccnc(NCCN3CCCC3)n2)cc1. The largest absolute Gasteiger partial charge is 0.378 e. The second-order valence-corrected chi connectivity index (χ2v) is 6.18. The number of hydrogen-bond donors (Lipinski definition) is 1. The first kappa shape index (κ1) is 15.7. The van der Waals surface area contributed by atoms with E-state index in [1.165, 1.54) is 31.6 Å². The van der Waals surface area contributed by atoms with Crippen LogP contribution in [0.2, 0.25) is 0 Å². The van der Waals surface area contributed by atoms with Crippen molar-refractivity contribution in [3.05, 3.63) is 36.5 Å². The van der Waals surface area contributed by atoms with Gasteiger partial charge in [-0.3, -0.25) is 0 Å². The second-order valence-electron chi connectivity index (χ2n) is 6.18. The van der Waals surface area contributed by atoms with Crippen molar-refractivity contribution in [2.24, 2.45) is 0 Å². The fourth-order valence-electron chi connectivity index (χ4n) is 2.87. The molecule has 1 aromatic heterocycles. The number of rotatable bonds is 6. The van der Waals surface area contributed by atoms with Crippen LogP contribution < -0.4 is 10.2 Å². The number of nitrogens with zero attached hydrogens (tertiary/aromatic N) is 4. The first-order valence-electron chi connectivity index (χ1n) is 8.29. The normalized spacial score (nSPS) is 14.9. The van der Waals surface area contributed by atoms with E-state index < -0.39 is 0 Å². The lowest BCUT2D eigenvalue weighted by molar-refractivity contribution is 0.352. The van der Waals surface area contributed by atoms with Gasteiger partial charge in [-0.15, -0.1) is 0 Å². The van der Waals surface area contributed by atoms with Crippen LogP contribution >= 0.6 is 0 Å². The number of benzene rings is 1. The van der Waals surface area contributed by atoms with Gasteiger partial charge in [0.2, 0.25) is 5.95 Å². The predicted molar refractivity (Wildman–Crippen MR) is 96.0 cm³/mol. The molecule has 3 rings (SSSR count). The molecule has 1 aromatic carbocycles. The van der Waals surface area contributed by atoms with Gasteiger partial charge in [-0.2, -0.15) is 0 Å². The Morgan fingerprint density at radius 3 is 2.52 bits per heavy atom. The molecule has 1 aliphatic rings. The van der Waals surface area contributed by atoms with Gasteiger partial charge in [0.05, 0.1) is 5.69 Å². The lowest BCUT2D eigenvalue weighted by Crippen LogP contribution is -2.26. The van der Waals surface area contributed by atoms with Gasteiger partial charge in [0, 0.05) is 44.6 Å². The maximum atomic E-state index is 4.63. The number of nitrogens with one attached hydrogen (secondary N) is 1. The molecule has 1 fully saturated rings. The molecule has 0 atom stereocenters. The van der Waals surface area contributed by atoms with Crippen LogP contribution in [0.3, 0.4) is 0 Å². The predicted octanol–water partition coefficient (Wildman–Crippen LogP) is 2.72. The first-order valence-corrected chi connectivity index (χ1v) is 8.29. The van der Waals surface area contributed by atoms with Gasteiger partial charge in [0.15, 0.2) is 0 Å². The topological polar surface area (TPSA) is 44.3 Å². The highest BCUT2D eigenvalue weighted by Crippen LogP contribution is 2.21. The highest BCUT2D eigenvalue weighted by Gasteiger charge is 2.10. The zero-order chi connectivity index (χ0) is 16.1. The quantitative estimate of drug-likeness (QED) is 0.888. The molecule has 0 radical (unpaired) electrons.